The number of rotatable bonds is 4. The van der Waals surface area contributed by atoms with Gasteiger partial charge >= 0.3 is 0 Å². The van der Waals surface area contributed by atoms with Gasteiger partial charge in [-0.25, -0.2) is 0 Å². The Labute approximate surface area is 160 Å². The lowest BCUT2D eigenvalue weighted by Gasteiger charge is -2.06. The summed E-state index contributed by atoms with van der Waals surface area (Å²) < 4.78 is 8.98. The second-order valence-electron chi connectivity index (χ2n) is 5.11. The van der Waals surface area contributed by atoms with Gasteiger partial charge in [-0.1, -0.05) is 77.3 Å². The highest BCUT2D eigenvalue weighted by molar-refractivity contribution is 6.66. The maximum absolute atomic E-state index is 5.82. The van der Waals surface area contributed by atoms with Crippen molar-refractivity contribution in [2.45, 2.75) is 3.79 Å². The number of alkyl halides is 3. The number of nitrogens with zero attached hydrogens (tertiary/aromatic N) is 2. The van der Waals surface area contributed by atoms with Crippen LogP contribution >= 0.6 is 34.8 Å². The van der Waals surface area contributed by atoms with E-state index in [4.69, 9.17) is 44.0 Å². The molecule has 0 spiro atoms. The van der Waals surface area contributed by atoms with Gasteiger partial charge in [0.25, 0.3) is 9.68 Å². The molecule has 0 amide bonds. The Kier molecular flexibility index (Phi) is 5.33. The van der Waals surface area contributed by atoms with E-state index >= 15 is 0 Å². The Morgan fingerprint density at radius 2 is 1.68 bits per heavy atom. The first kappa shape index (κ1) is 17.8. The molecule has 0 aliphatic carbocycles. The lowest BCUT2D eigenvalue weighted by molar-refractivity contribution is 0.415. The summed E-state index contributed by atoms with van der Waals surface area (Å²) in [6.07, 6.45) is 1.92. The largest absolute Gasteiger partial charge is 0.497 e. The van der Waals surface area contributed by atoms with Crippen LogP contribution < -0.4 is 4.74 Å². The number of hydrogen-bond donors (Lipinski definition) is 0. The molecule has 0 N–H and O–H groups in total. The molecule has 0 atom stereocenters. The van der Waals surface area contributed by atoms with Crippen molar-refractivity contribution in [3.8, 4) is 5.75 Å². The summed E-state index contributed by atoms with van der Waals surface area (Å²) in [5.41, 5.74) is 2.56. The third-order valence-corrected chi connectivity index (χ3v) is 3.89. The molecule has 0 aliphatic rings. The van der Waals surface area contributed by atoms with Crippen LogP contribution in [-0.4, -0.2) is 17.3 Å². The summed E-state index contributed by atoms with van der Waals surface area (Å²) in [5.74, 6) is 0.960. The number of benzene rings is 2. The zero-order valence-corrected chi connectivity index (χ0v) is 15.4. The summed E-state index contributed by atoms with van der Waals surface area (Å²) in [4.78, 5) is 0. The van der Waals surface area contributed by atoms with Crippen LogP contribution in [0.15, 0.2) is 59.0 Å². The first-order valence-electron chi connectivity index (χ1n) is 7.29. The lowest BCUT2D eigenvalue weighted by Crippen LogP contribution is -1.99. The van der Waals surface area contributed by atoms with E-state index in [1.165, 1.54) is 0 Å². The maximum Gasteiger partial charge on any atom is 0.268 e. The van der Waals surface area contributed by atoms with Crippen molar-refractivity contribution in [3.05, 3.63) is 77.5 Å². The minimum Gasteiger partial charge on any atom is -0.497 e. The third kappa shape index (κ3) is 4.34. The lowest BCUT2D eigenvalue weighted by atomic mass is 10.0. The molecule has 0 radical (unpaired) electrons. The SMILES string of the molecule is COc1ccc(C=C(c2ccccc2)c2nnc(C(Cl)(Cl)Cl)o2)cc1. The quantitative estimate of drug-likeness (QED) is 0.433. The van der Waals surface area contributed by atoms with Gasteiger partial charge in [0.15, 0.2) is 0 Å². The van der Waals surface area contributed by atoms with E-state index in [-0.39, 0.29) is 11.8 Å². The van der Waals surface area contributed by atoms with Crippen LogP contribution in [0.3, 0.4) is 0 Å². The summed E-state index contributed by atoms with van der Waals surface area (Å²) >= 11 is 17.5. The van der Waals surface area contributed by atoms with Crippen molar-refractivity contribution in [2.24, 2.45) is 0 Å². The molecule has 0 saturated carbocycles. The smallest absolute Gasteiger partial charge is 0.268 e. The highest BCUT2D eigenvalue weighted by atomic mass is 35.6. The van der Waals surface area contributed by atoms with E-state index < -0.39 is 3.79 Å². The molecule has 25 heavy (non-hydrogen) atoms. The van der Waals surface area contributed by atoms with E-state index in [2.05, 4.69) is 10.2 Å². The van der Waals surface area contributed by atoms with Gasteiger partial charge in [-0.15, -0.1) is 10.2 Å². The van der Waals surface area contributed by atoms with Gasteiger partial charge in [0, 0.05) is 5.57 Å². The highest BCUT2D eigenvalue weighted by Crippen LogP contribution is 2.38. The van der Waals surface area contributed by atoms with Crippen molar-refractivity contribution in [2.75, 3.05) is 7.11 Å². The van der Waals surface area contributed by atoms with Crippen molar-refractivity contribution >= 4 is 46.5 Å². The van der Waals surface area contributed by atoms with Crippen molar-refractivity contribution in [3.63, 3.8) is 0 Å². The number of halogens is 3. The zero-order valence-electron chi connectivity index (χ0n) is 13.1. The fourth-order valence-electron chi connectivity index (χ4n) is 2.20. The first-order valence-corrected chi connectivity index (χ1v) is 8.43. The average molecular weight is 396 g/mol. The van der Waals surface area contributed by atoms with Gasteiger partial charge in [-0.05, 0) is 29.3 Å². The fourth-order valence-corrected chi connectivity index (χ4v) is 2.43. The van der Waals surface area contributed by atoms with Gasteiger partial charge < -0.3 is 9.15 Å². The monoisotopic (exact) mass is 394 g/mol. The molecule has 1 aromatic heterocycles. The van der Waals surface area contributed by atoms with Crippen LogP contribution in [0.5, 0.6) is 5.75 Å². The molecular weight excluding hydrogens is 383 g/mol. The number of ether oxygens (including phenoxy) is 1. The van der Waals surface area contributed by atoms with E-state index in [1.54, 1.807) is 7.11 Å². The summed E-state index contributed by atoms with van der Waals surface area (Å²) in [6, 6.07) is 17.2. The molecule has 0 unspecified atom stereocenters. The summed E-state index contributed by atoms with van der Waals surface area (Å²) in [5, 5.41) is 7.86. The van der Waals surface area contributed by atoms with Crippen LogP contribution in [0.2, 0.25) is 0 Å². The third-order valence-electron chi connectivity index (χ3n) is 3.41. The van der Waals surface area contributed by atoms with Crippen molar-refractivity contribution in [1.29, 1.82) is 0 Å². The van der Waals surface area contributed by atoms with Gasteiger partial charge in [0.1, 0.15) is 5.75 Å². The average Bonchev–Trinajstić information content (AvgIpc) is 3.11. The molecule has 2 aromatic carbocycles. The van der Waals surface area contributed by atoms with E-state index in [0.717, 1.165) is 22.4 Å². The molecular formula is C18H13Cl3N2O2. The van der Waals surface area contributed by atoms with Gasteiger partial charge in [-0.2, -0.15) is 0 Å². The standard InChI is InChI=1S/C18H13Cl3N2O2/c1-24-14-9-7-12(8-10-14)11-15(13-5-3-2-4-6-13)16-22-23-17(25-16)18(19,20)21/h2-11H,1H3. The van der Waals surface area contributed by atoms with Crippen LogP contribution in [0.4, 0.5) is 0 Å². The Balaban J connectivity index is 2.06. The topological polar surface area (TPSA) is 48.2 Å². The van der Waals surface area contributed by atoms with E-state index in [9.17, 15) is 0 Å². The second kappa shape index (κ2) is 7.48. The maximum atomic E-state index is 5.82. The molecule has 0 bridgehead atoms. The Morgan fingerprint density at radius 3 is 2.24 bits per heavy atom. The fraction of sp³-hybridized carbons (Fsp3) is 0.111. The Bertz CT molecular complexity index is 869. The molecule has 7 heteroatoms. The van der Waals surface area contributed by atoms with Gasteiger partial charge in [0.05, 0.1) is 7.11 Å². The summed E-state index contributed by atoms with van der Waals surface area (Å²) in [7, 11) is 1.62. The molecule has 3 aromatic rings. The molecule has 128 valence electrons. The van der Waals surface area contributed by atoms with Crippen LogP contribution in [0.1, 0.15) is 22.9 Å². The Hall–Kier alpha value is -2.01. The highest BCUT2D eigenvalue weighted by Gasteiger charge is 2.31. The van der Waals surface area contributed by atoms with Crippen LogP contribution in [0.25, 0.3) is 11.6 Å². The normalized spacial score (nSPS) is 12.2. The molecule has 0 saturated heterocycles. The number of methoxy groups -OCH3 is 1. The second-order valence-corrected chi connectivity index (χ2v) is 7.39. The predicted octanol–water partition coefficient (Wildman–Crippen LogP) is 5.49. The minimum atomic E-state index is -1.77. The molecule has 0 fully saturated rings. The van der Waals surface area contributed by atoms with Gasteiger partial charge in [-0.3, -0.25) is 0 Å². The zero-order chi connectivity index (χ0) is 17.9. The number of hydrogen-bond acceptors (Lipinski definition) is 4. The molecule has 1 heterocycles. The Morgan fingerprint density at radius 1 is 1.00 bits per heavy atom. The first-order chi connectivity index (χ1) is 12.0. The number of aromatic nitrogens is 2. The van der Waals surface area contributed by atoms with E-state index in [1.807, 2.05) is 60.7 Å². The predicted molar refractivity (Wildman–Crippen MR) is 99.9 cm³/mol. The van der Waals surface area contributed by atoms with Crippen molar-refractivity contribution in [1.82, 2.24) is 10.2 Å². The molecule has 0 aliphatic heterocycles. The molecule has 4 nitrogen and oxygen atoms in total. The minimum absolute atomic E-state index is 0.0796. The van der Waals surface area contributed by atoms with E-state index in [0.29, 0.717) is 0 Å². The van der Waals surface area contributed by atoms with Crippen molar-refractivity contribution < 1.29 is 9.15 Å². The molecule has 3 rings (SSSR count). The van der Waals surface area contributed by atoms with Crippen LogP contribution in [-0.2, 0) is 3.79 Å². The summed E-state index contributed by atoms with van der Waals surface area (Å²) in [6.45, 7) is 0. The van der Waals surface area contributed by atoms with Crippen LogP contribution in [0, 0.1) is 0 Å². The van der Waals surface area contributed by atoms with Gasteiger partial charge in [0.2, 0.25) is 5.89 Å².